The Morgan fingerprint density at radius 1 is 0.774 bits per heavy atom. The molecule has 0 spiro atoms. The van der Waals surface area contributed by atoms with Crippen LogP contribution in [0.15, 0.2) is 0 Å². The van der Waals surface area contributed by atoms with Crippen molar-refractivity contribution >= 4 is 24.3 Å². The number of halogens is 1. The number of nitrogens with zero attached hydrogens (tertiary/aromatic N) is 2. The highest BCUT2D eigenvalue weighted by molar-refractivity contribution is 5.85. The first-order valence-corrected chi connectivity index (χ1v) is 9.74. The van der Waals surface area contributed by atoms with Gasteiger partial charge >= 0.3 is 11.9 Å². The third-order valence-electron chi connectivity index (χ3n) is 4.15. The Morgan fingerprint density at radius 3 is 1.45 bits per heavy atom. The molecule has 2 unspecified atom stereocenters. The highest BCUT2D eigenvalue weighted by Crippen LogP contribution is 2.07. The van der Waals surface area contributed by atoms with E-state index in [1.807, 2.05) is 0 Å². The number of esters is 2. The van der Waals surface area contributed by atoms with Gasteiger partial charge in [-0.25, -0.2) is 0 Å². The molecule has 0 aliphatic carbocycles. The molecule has 2 fully saturated rings. The van der Waals surface area contributed by atoms with Gasteiger partial charge in [0.2, 0.25) is 0 Å². The topological polar surface area (TPSA) is 181 Å². The molecule has 2 aliphatic rings. The molecule has 0 bridgehead atoms. The molecule has 2 rings (SSSR count). The Kier molecular flexibility index (Phi) is 15.9. The van der Waals surface area contributed by atoms with Gasteiger partial charge in [-0.2, -0.15) is 0 Å². The summed E-state index contributed by atoms with van der Waals surface area (Å²) >= 11 is 0. The zero-order valence-corrected chi connectivity index (χ0v) is 17.8. The van der Waals surface area contributed by atoms with Gasteiger partial charge in [-0.05, 0) is 38.8 Å². The van der Waals surface area contributed by atoms with E-state index in [-0.39, 0.29) is 62.9 Å². The van der Waals surface area contributed by atoms with E-state index >= 15 is 0 Å². The predicted molar refractivity (Wildman–Crippen MR) is 106 cm³/mol. The Balaban J connectivity index is 0.000000562. The molecule has 0 amide bonds. The molecule has 2 atom stereocenters. The number of hydrogen-bond acceptors (Lipinski definition) is 12. The zero-order chi connectivity index (χ0) is 22.2. The van der Waals surface area contributed by atoms with Crippen LogP contribution in [0.5, 0.6) is 0 Å². The number of carbonyl (C=O) groups is 2. The molecule has 0 radical (unpaired) electrons. The highest BCUT2D eigenvalue weighted by atomic mass is 35.5. The van der Waals surface area contributed by atoms with Crippen molar-refractivity contribution in [2.75, 3.05) is 39.5 Å². The summed E-state index contributed by atoms with van der Waals surface area (Å²) in [5.41, 5.74) is 0. The highest BCUT2D eigenvalue weighted by Gasteiger charge is 2.23. The first-order valence-electron chi connectivity index (χ1n) is 9.74. The minimum absolute atomic E-state index is 0. The summed E-state index contributed by atoms with van der Waals surface area (Å²) in [5, 5.41) is 23.8. The lowest BCUT2D eigenvalue weighted by molar-refractivity contribution is -0.757. The molecule has 14 nitrogen and oxygen atoms in total. The second kappa shape index (κ2) is 17.3. The lowest BCUT2D eigenvalue weighted by Gasteiger charge is -2.09. The van der Waals surface area contributed by atoms with Gasteiger partial charge in [-0.3, -0.25) is 9.59 Å². The first-order chi connectivity index (χ1) is 14.4. The standard InChI is InChI=1S/2C8H14N2O5.ClH/c2*11-8(7-3-1-4-9-7)14-5-2-6-15-10(12)13;/h2*7,9H,1-6H2;1H. The van der Waals surface area contributed by atoms with Crippen LogP contribution in [0.3, 0.4) is 0 Å². The average molecular weight is 473 g/mol. The normalized spacial score (nSPS) is 19.2. The summed E-state index contributed by atoms with van der Waals surface area (Å²) in [4.78, 5) is 50.2. The van der Waals surface area contributed by atoms with E-state index in [1.54, 1.807) is 0 Å². The molecule has 2 heterocycles. The SMILES string of the molecule is Cl.O=C(OCCCO[N+](=O)[O-])C1CCCN1.O=C(OCCCO[N+](=O)[O-])C1CCCN1. The van der Waals surface area contributed by atoms with E-state index in [0.717, 1.165) is 38.8 Å². The summed E-state index contributed by atoms with van der Waals surface area (Å²) < 4.78 is 9.81. The summed E-state index contributed by atoms with van der Waals surface area (Å²) in [6, 6.07) is -0.414. The van der Waals surface area contributed by atoms with Crippen LogP contribution in [0, 0.1) is 20.2 Å². The van der Waals surface area contributed by atoms with Crippen LogP contribution in [0.2, 0.25) is 0 Å². The monoisotopic (exact) mass is 472 g/mol. The number of ether oxygens (including phenoxy) is 2. The number of carbonyl (C=O) groups excluding carboxylic acids is 2. The van der Waals surface area contributed by atoms with Gasteiger partial charge in [-0.15, -0.1) is 32.6 Å². The van der Waals surface area contributed by atoms with Crippen molar-refractivity contribution in [1.29, 1.82) is 0 Å². The molecule has 180 valence electrons. The van der Waals surface area contributed by atoms with E-state index in [2.05, 4.69) is 20.3 Å². The third-order valence-corrected chi connectivity index (χ3v) is 4.15. The van der Waals surface area contributed by atoms with Gasteiger partial charge in [0.1, 0.15) is 12.1 Å². The van der Waals surface area contributed by atoms with Crippen LogP contribution in [-0.2, 0) is 28.7 Å². The maximum Gasteiger partial charge on any atom is 0.323 e. The minimum atomic E-state index is -0.861. The van der Waals surface area contributed by atoms with Crippen LogP contribution in [0.4, 0.5) is 0 Å². The van der Waals surface area contributed by atoms with E-state index in [0.29, 0.717) is 12.8 Å². The van der Waals surface area contributed by atoms with Gasteiger partial charge in [0.15, 0.2) is 0 Å². The summed E-state index contributed by atoms with van der Waals surface area (Å²) in [6.45, 7) is 1.90. The van der Waals surface area contributed by atoms with E-state index < -0.39 is 10.2 Å². The Bertz CT molecular complexity index is 509. The molecule has 0 aromatic carbocycles. The Morgan fingerprint density at radius 2 is 1.16 bits per heavy atom. The predicted octanol–water partition coefficient (Wildman–Crippen LogP) is 0.182. The fraction of sp³-hybridized carbons (Fsp3) is 0.875. The molecule has 0 aromatic rings. The Labute approximate surface area is 184 Å². The molecular formula is C16H29ClN4O10. The maximum atomic E-state index is 11.3. The lowest BCUT2D eigenvalue weighted by atomic mass is 10.2. The molecule has 0 aromatic heterocycles. The fourth-order valence-electron chi connectivity index (χ4n) is 2.71. The third kappa shape index (κ3) is 14.2. The minimum Gasteiger partial charge on any atom is -0.464 e. The van der Waals surface area contributed by atoms with Crippen LogP contribution in [-0.4, -0.2) is 73.7 Å². The summed E-state index contributed by atoms with van der Waals surface area (Å²) in [5.74, 6) is -0.567. The number of nitrogens with one attached hydrogen (secondary N) is 2. The molecule has 2 N–H and O–H groups in total. The molecule has 31 heavy (non-hydrogen) atoms. The van der Waals surface area contributed by atoms with Gasteiger partial charge in [0, 0.05) is 12.8 Å². The first kappa shape index (κ1) is 28.5. The van der Waals surface area contributed by atoms with Crippen LogP contribution >= 0.6 is 12.4 Å². The van der Waals surface area contributed by atoms with E-state index in [4.69, 9.17) is 9.47 Å². The van der Waals surface area contributed by atoms with Crippen molar-refractivity contribution in [3.63, 3.8) is 0 Å². The zero-order valence-electron chi connectivity index (χ0n) is 17.0. The Hall–Kier alpha value is -2.45. The van der Waals surface area contributed by atoms with E-state index in [9.17, 15) is 29.8 Å². The van der Waals surface area contributed by atoms with Crippen molar-refractivity contribution < 1.29 is 38.9 Å². The fourth-order valence-corrected chi connectivity index (χ4v) is 2.71. The second-order valence-electron chi connectivity index (χ2n) is 6.45. The van der Waals surface area contributed by atoms with Gasteiger partial charge < -0.3 is 29.8 Å². The quantitative estimate of drug-likeness (QED) is 0.170. The smallest absolute Gasteiger partial charge is 0.323 e. The maximum absolute atomic E-state index is 11.3. The van der Waals surface area contributed by atoms with Gasteiger partial charge in [0.25, 0.3) is 10.2 Å². The second-order valence-corrected chi connectivity index (χ2v) is 6.45. The molecule has 2 saturated heterocycles. The summed E-state index contributed by atoms with van der Waals surface area (Å²) in [6.07, 6.45) is 4.21. The molecule has 0 saturated carbocycles. The molecular weight excluding hydrogens is 444 g/mol. The lowest BCUT2D eigenvalue weighted by Crippen LogP contribution is -2.32. The van der Waals surface area contributed by atoms with Crippen molar-refractivity contribution in [1.82, 2.24) is 10.6 Å². The van der Waals surface area contributed by atoms with Crippen LogP contribution in [0.1, 0.15) is 38.5 Å². The van der Waals surface area contributed by atoms with Crippen LogP contribution < -0.4 is 10.6 Å². The number of rotatable bonds is 12. The van der Waals surface area contributed by atoms with Crippen molar-refractivity contribution in [3.8, 4) is 0 Å². The largest absolute Gasteiger partial charge is 0.464 e. The summed E-state index contributed by atoms with van der Waals surface area (Å²) in [7, 11) is 0. The van der Waals surface area contributed by atoms with Gasteiger partial charge in [0.05, 0.1) is 26.4 Å². The number of hydrogen-bond donors (Lipinski definition) is 2. The van der Waals surface area contributed by atoms with Crippen molar-refractivity contribution in [2.45, 2.75) is 50.6 Å². The van der Waals surface area contributed by atoms with Crippen molar-refractivity contribution in [3.05, 3.63) is 20.2 Å². The van der Waals surface area contributed by atoms with Crippen molar-refractivity contribution in [2.24, 2.45) is 0 Å². The van der Waals surface area contributed by atoms with Gasteiger partial charge in [-0.1, -0.05) is 0 Å². The van der Waals surface area contributed by atoms with Crippen LogP contribution in [0.25, 0.3) is 0 Å². The molecule has 15 heteroatoms. The van der Waals surface area contributed by atoms with E-state index in [1.165, 1.54) is 0 Å². The molecule has 2 aliphatic heterocycles. The average Bonchev–Trinajstić information content (AvgIpc) is 3.41.